The lowest BCUT2D eigenvalue weighted by Gasteiger charge is -2.12. The quantitative estimate of drug-likeness (QED) is 0.734. The van der Waals surface area contributed by atoms with E-state index in [4.69, 9.17) is 14.2 Å². The molecule has 0 unspecified atom stereocenters. The summed E-state index contributed by atoms with van der Waals surface area (Å²) in [7, 11) is 3.19. The van der Waals surface area contributed by atoms with Crippen molar-refractivity contribution in [2.75, 3.05) is 14.2 Å². The number of rotatable bonds is 4. The highest BCUT2D eigenvalue weighted by Crippen LogP contribution is 2.36. The van der Waals surface area contributed by atoms with E-state index in [0.717, 1.165) is 22.2 Å². The van der Waals surface area contributed by atoms with Crippen LogP contribution in [0.5, 0.6) is 23.1 Å². The molecule has 0 aliphatic heterocycles. The number of para-hydroxylation sites is 1. The molecular weight excluding hydrogens is 280 g/mol. The Labute approximate surface area is 128 Å². The van der Waals surface area contributed by atoms with E-state index in [1.165, 1.54) is 6.33 Å². The first-order valence-electron chi connectivity index (χ1n) is 6.83. The molecule has 22 heavy (non-hydrogen) atoms. The zero-order chi connectivity index (χ0) is 15.5. The number of methoxy groups -OCH3 is 2. The predicted octanol–water partition coefficient (Wildman–Crippen LogP) is 3.75. The third kappa shape index (κ3) is 2.53. The lowest BCUT2D eigenvalue weighted by Crippen LogP contribution is -1.95. The number of hydrogen-bond donors (Lipinski definition) is 0. The first kappa shape index (κ1) is 14.1. The smallest absolute Gasteiger partial charge is 0.230 e. The van der Waals surface area contributed by atoms with Crippen molar-refractivity contribution in [3.63, 3.8) is 0 Å². The Bertz CT molecular complexity index is 818. The maximum Gasteiger partial charge on any atom is 0.230 e. The van der Waals surface area contributed by atoms with Gasteiger partial charge < -0.3 is 14.2 Å². The fraction of sp³-hybridized carbons (Fsp3) is 0.176. The fourth-order valence-electron chi connectivity index (χ4n) is 2.22. The molecule has 0 fully saturated rings. The molecule has 0 radical (unpaired) electrons. The number of aromatic nitrogens is 2. The summed E-state index contributed by atoms with van der Waals surface area (Å²) in [5.41, 5.74) is 1.77. The molecule has 112 valence electrons. The van der Waals surface area contributed by atoms with Gasteiger partial charge in [-0.15, -0.1) is 0 Å². The van der Waals surface area contributed by atoms with Crippen molar-refractivity contribution < 1.29 is 14.2 Å². The van der Waals surface area contributed by atoms with Crippen LogP contribution in [-0.4, -0.2) is 24.2 Å². The number of aryl methyl sites for hydroxylation is 1. The van der Waals surface area contributed by atoms with E-state index in [0.29, 0.717) is 17.4 Å². The Morgan fingerprint density at radius 3 is 2.32 bits per heavy atom. The lowest BCUT2D eigenvalue weighted by molar-refractivity contribution is 0.355. The van der Waals surface area contributed by atoms with Crippen molar-refractivity contribution in [1.82, 2.24) is 9.97 Å². The van der Waals surface area contributed by atoms with Crippen molar-refractivity contribution >= 4 is 10.9 Å². The summed E-state index contributed by atoms with van der Waals surface area (Å²) >= 11 is 0. The molecule has 3 aromatic rings. The van der Waals surface area contributed by atoms with Gasteiger partial charge in [-0.25, -0.2) is 9.97 Å². The van der Waals surface area contributed by atoms with Crippen LogP contribution in [0, 0.1) is 6.92 Å². The van der Waals surface area contributed by atoms with Crippen LogP contribution in [0.1, 0.15) is 5.56 Å². The SMILES string of the molecule is COc1cc2ncnc(Oc3ccccc3C)c2cc1OC. The maximum atomic E-state index is 5.95. The molecule has 5 heteroatoms. The molecule has 0 N–H and O–H groups in total. The average molecular weight is 296 g/mol. The van der Waals surface area contributed by atoms with E-state index in [2.05, 4.69) is 9.97 Å². The third-order valence-electron chi connectivity index (χ3n) is 3.40. The highest BCUT2D eigenvalue weighted by Gasteiger charge is 2.12. The van der Waals surface area contributed by atoms with Gasteiger partial charge >= 0.3 is 0 Å². The van der Waals surface area contributed by atoms with Gasteiger partial charge in [-0.1, -0.05) is 18.2 Å². The minimum absolute atomic E-state index is 0.486. The molecule has 2 aromatic carbocycles. The summed E-state index contributed by atoms with van der Waals surface area (Å²) in [6, 6.07) is 11.4. The van der Waals surface area contributed by atoms with E-state index in [1.54, 1.807) is 20.3 Å². The summed E-state index contributed by atoms with van der Waals surface area (Å²) in [5, 5.41) is 0.767. The standard InChI is InChI=1S/C17H16N2O3/c1-11-6-4-5-7-14(11)22-17-12-8-15(20-2)16(21-3)9-13(12)18-10-19-17/h4-10H,1-3H3. The summed E-state index contributed by atoms with van der Waals surface area (Å²) in [6.45, 7) is 1.99. The van der Waals surface area contributed by atoms with Gasteiger partial charge in [0.25, 0.3) is 0 Å². The molecule has 0 aliphatic rings. The van der Waals surface area contributed by atoms with Gasteiger partial charge in [0, 0.05) is 6.07 Å². The van der Waals surface area contributed by atoms with Crippen LogP contribution in [0.25, 0.3) is 10.9 Å². The van der Waals surface area contributed by atoms with Gasteiger partial charge in [0.15, 0.2) is 11.5 Å². The Morgan fingerprint density at radius 2 is 1.59 bits per heavy atom. The summed E-state index contributed by atoms with van der Waals surface area (Å²) in [5.74, 6) is 2.48. The molecule has 1 aromatic heterocycles. The summed E-state index contributed by atoms with van der Waals surface area (Å²) in [6.07, 6.45) is 1.47. The molecule has 0 saturated carbocycles. The summed E-state index contributed by atoms with van der Waals surface area (Å²) in [4.78, 5) is 8.51. The third-order valence-corrected chi connectivity index (χ3v) is 3.40. The molecule has 0 aliphatic carbocycles. The van der Waals surface area contributed by atoms with Crippen LogP contribution in [0.4, 0.5) is 0 Å². The topological polar surface area (TPSA) is 53.5 Å². The van der Waals surface area contributed by atoms with E-state index >= 15 is 0 Å². The zero-order valence-corrected chi connectivity index (χ0v) is 12.7. The van der Waals surface area contributed by atoms with Crippen molar-refractivity contribution in [3.8, 4) is 23.1 Å². The van der Waals surface area contributed by atoms with Crippen molar-refractivity contribution in [2.45, 2.75) is 6.92 Å². The van der Waals surface area contributed by atoms with Crippen LogP contribution in [-0.2, 0) is 0 Å². The molecule has 0 bridgehead atoms. The number of hydrogen-bond acceptors (Lipinski definition) is 5. The summed E-state index contributed by atoms with van der Waals surface area (Å²) < 4.78 is 16.6. The maximum absolute atomic E-state index is 5.95. The Hall–Kier alpha value is -2.82. The molecule has 1 heterocycles. The van der Waals surface area contributed by atoms with E-state index < -0.39 is 0 Å². The van der Waals surface area contributed by atoms with Crippen LogP contribution >= 0.6 is 0 Å². The predicted molar refractivity (Wildman–Crippen MR) is 83.9 cm³/mol. The van der Waals surface area contributed by atoms with Crippen molar-refractivity contribution in [2.24, 2.45) is 0 Å². The number of fused-ring (bicyclic) bond motifs is 1. The van der Waals surface area contributed by atoms with Crippen LogP contribution < -0.4 is 14.2 Å². The molecule has 0 saturated heterocycles. The lowest BCUT2D eigenvalue weighted by atomic mass is 10.2. The van der Waals surface area contributed by atoms with Crippen LogP contribution in [0.3, 0.4) is 0 Å². The number of nitrogens with zero attached hydrogens (tertiary/aromatic N) is 2. The minimum atomic E-state index is 0.486. The Balaban J connectivity index is 2.12. The number of ether oxygens (including phenoxy) is 3. The highest BCUT2D eigenvalue weighted by molar-refractivity contribution is 5.87. The first-order valence-corrected chi connectivity index (χ1v) is 6.83. The van der Waals surface area contributed by atoms with E-state index in [1.807, 2.05) is 37.3 Å². The van der Waals surface area contributed by atoms with Crippen LogP contribution in [0.2, 0.25) is 0 Å². The van der Waals surface area contributed by atoms with Gasteiger partial charge in [0.2, 0.25) is 5.88 Å². The van der Waals surface area contributed by atoms with Gasteiger partial charge in [0.1, 0.15) is 12.1 Å². The Kier molecular flexibility index (Phi) is 3.78. The van der Waals surface area contributed by atoms with Gasteiger partial charge in [-0.2, -0.15) is 0 Å². The van der Waals surface area contributed by atoms with Gasteiger partial charge in [0.05, 0.1) is 25.1 Å². The number of benzene rings is 2. The highest BCUT2D eigenvalue weighted by atomic mass is 16.5. The van der Waals surface area contributed by atoms with Crippen LogP contribution in [0.15, 0.2) is 42.7 Å². The monoisotopic (exact) mass is 296 g/mol. The van der Waals surface area contributed by atoms with E-state index in [-0.39, 0.29) is 0 Å². The largest absolute Gasteiger partial charge is 0.493 e. The van der Waals surface area contributed by atoms with Crippen molar-refractivity contribution in [1.29, 1.82) is 0 Å². The van der Waals surface area contributed by atoms with E-state index in [9.17, 15) is 0 Å². The second-order valence-electron chi connectivity index (χ2n) is 4.77. The minimum Gasteiger partial charge on any atom is -0.493 e. The molecule has 0 amide bonds. The Morgan fingerprint density at radius 1 is 0.864 bits per heavy atom. The van der Waals surface area contributed by atoms with Gasteiger partial charge in [-0.3, -0.25) is 0 Å². The second-order valence-corrected chi connectivity index (χ2v) is 4.77. The van der Waals surface area contributed by atoms with Gasteiger partial charge in [-0.05, 0) is 24.6 Å². The zero-order valence-electron chi connectivity index (χ0n) is 12.7. The fourth-order valence-corrected chi connectivity index (χ4v) is 2.22. The normalized spacial score (nSPS) is 10.5. The molecule has 0 atom stereocenters. The first-order chi connectivity index (χ1) is 10.7. The molecular formula is C17H16N2O3. The molecule has 0 spiro atoms. The second kappa shape index (κ2) is 5.89. The average Bonchev–Trinajstić information content (AvgIpc) is 2.56. The van der Waals surface area contributed by atoms with Crippen molar-refractivity contribution in [3.05, 3.63) is 48.3 Å². The molecule has 5 nitrogen and oxygen atoms in total. The molecule has 3 rings (SSSR count).